The molecule has 0 heterocycles. The van der Waals surface area contributed by atoms with Gasteiger partial charge in [0, 0.05) is 11.4 Å². The summed E-state index contributed by atoms with van der Waals surface area (Å²) in [6.07, 6.45) is 0. The monoisotopic (exact) mass is 544 g/mol. The number of ether oxygens (including phenoxy) is 2. The van der Waals surface area contributed by atoms with Crippen LogP contribution in [-0.4, -0.2) is 8.42 Å². The first-order valence-electron chi connectivity index (χ1n) is 12.8. The number of nitrogens with two attached hydrogens (primary N) is 2. The Morgan fingerprint density at radius 1 is 0.462 bits per heavy atom. The topological polar surface area (TPSA) is 105 Å². The molecule has 0 aromatic heterocycles. The number of hydrogen-bond acceptors (Lipinski definition) is 6. The number of benzene rings is 4. The van der Waals surface area contributed by atoms with Crippen LogP contribution in [0.5, 0.6) is 23.0 Å². The Hall–Kier alpha value is -3.97. The fourth-order valence-electron chi connectivity index (χ4n) is 4.81. The second-order valence-corrected chi connectivity index (χ2v) is 12.4. The van der Waals surface area contributed by atoms with Crippen molar-refractivity contribution in [2.45, 2.75) is 65.2 Å². The van der Waals surface area contributed by atoms with Crippen molar-refractivity contribution < 1.29 is 17.9 Å². The van der Waals surface area contributed by atoms with Crippen LogP contribution >= 0.6 is 0 Å². The second kappa shape index (κ2) is 10.3. The molecular weight excluding hydrogens is 508 g/mol. The number of rotatable bonds is 6. The third-order valence-corrected chi connectivity index (χ3v) is 8.78. The molecule has 0 spiro atoms. The molecule has 4 aromatic carbocycles. The van der Waals surface area contributed by atoms with Gasteiger partial charge in [-0.1, -0.05) is 0 Å². The average molecular weight is 545 g/mol. The van der Waals surface area contributed by atoms with Crippen molar-refractivity contribution in [2.75, 3.05) is 11.5 Å². The molecule has 0 aliphatic heterocycles. The smallest absolute Gasteiger partial charge is 0.206 e. The van der Waals surface area contributed by atoms with E-state index >= 15 is 0 Å². The third-order valence-electron chi connectivity index (χ3n) is 7.06. The Bertz CT molecular complexity index is 1510. The Labute approximate surface area is 231 Å². The molecule has 0 fully saturated rings. The Balaban J connectivity index is 1.67. The maximum atomic E-state index is 13.7. The van der Waals surface area contributed by atoms with E-state index in [2.05, 4.69) is 0 Å². The molecule has 0 atom stereocenters. The molecule has 4 rings (SSSR count). The minimum Gasteiger partial charge on any atom is -0.457 e. The summed E-state index contributed by atoms with van der Waals surface area (Å²) in [4.78, 5) is 0.429. The minimum atomic E-state index is -3.79. The first-order chi connectivity index (χ1) is 18.2. The second-order valence-electron chi connectivity index (χ2n) is 10.4. The van der Waals surface area contributed by atoms with Crippen LogP contribution in [0.2, 0.25) is 0 Å². The van der Waals surface area contributed by atoms with E-state index in [4.69, 9.17) is 20.9 Å². The lowest BCUT2D eigenvalue weighted by molar-refractivity contribution is 0.473. The Morgan fingerprint density at radius 2 is 0.718 bits per heavy atom. The zero-order valence-corrected chi connectivity index (χ0v) is 24.6. The van der Waals surface area contributed by atoms with E-state index in [-0.39, 0.29) is 9.79 Å². The lowest BCUT2D eigenvalue weighted by atomic mass is 10.1. The first-order valence-corrected chi connectivity index (χ1v) is 14.2. The maximum absolute atomic E-state index is 13.7. The highest BCUT2D eigenvalue weighted by Crippen LogP contribution is 2.37. The maximum Gasteiger partial charge on any atom is 0.206 e. The third kappa shape index (κ3) is 5.45. The van der Waals surface area contributed by atoms with Crippen molar-refractivity contribution in [3.63, 3.8) is 0 Å². The molecule has 0 aliphatic carbocycles. The molecule has 0 radical (unpaired) electrons. The number of nitrogen functional groups attached to an aromatic ring is 2. The molecule has 0 unspecified atom stereocenters. The van der Waals surface area contributed by atoms with Crippen LogP contribution in [0.3, 0.4) is 0 Å². The average Bonchev–Trinajstić information content (AvgIpc) is 2.85. The molecule has 0 aliphatic rings. The van der Waals surface area contributed by atoms with E-state index in [1.165, 1.54) is 0 Å². The van der Waals surface area contributed by atoms with E-state index in [0.717, 1.165) is 55.9 Å². The van der Waals surface area contributed by atoms with Crippen LogP contribution in [0.4, 0.5) is 11.4 Å². The fourth-order valence-corrected chi connectivity index (χ4v) is 6.41. The van der Waals surface area contributed by atoms with Gasteiger partial charge in [0.1, 0.15) is 23.0 Å². The standard InChI is InChI=1S/C32H36N2O4S/c1-17-9-25(10-18(2)29(17)33)37-31-21(5)13-27(14-22(31)6)39(35,36)28-15-23(7)32(24(8)16-28)38-26-11-19(3)30(34)20(4)12-26/h9-16H,33-34H2,1-8H3. The summed E-state index contributed by atoms with van der Waals surface area (Å²) in [6.45, 7) is 15.1. The van der Waals surface area contributed by atoms with Crippen LogP contribution in [0.15, 0.2) is 58.3 Å². The van der Waals surface area contributed by atoms with Gasteiger partial charge in [0.25, 0.3) is 0 Å². The highest BCUT2D eigenvalue weighted by atomic mass is 32.2. The van der Waals surface area contributed by atoms with Gasteiger partial charge in [0.15, 0.2) is 0 Å². The summed E-state index contributed by atoms with van der Waals surface area (Å²) >= 11 is 0. The van der Waals surface area contributed by atoms with Crippen LogP contribution < -0.4 is 20.9 Å². The number of anilines is 2. The summed E-state index contributed by atoms with van der Waals surface area (Å²) in [7, 11) is -3.79. The van der Waals surface area contributed by atoms with E-state index in [9.17, 15) is 8.42 Å². The molecule has 7 heteroatoms. The molecule has 0 bridgehead atoms. The normalized spacial score (nSPS) is 11.5. The Morgan fingerprint density at radius 3 is 0.974 bits per heavy atom. The molecule has 0 saturated carbocycles. The predicted octanol–water partition coefficient (Wildman–Crippen LogP) is 7.74. The van der Waals surface area contributed by atoms with Gasteiger partial charge in [-0.2, -0.15) is 0 Å². The van der Waals surface area contributed by atoms with Gasteiger partial charge in [-0.25, -0.2) is 8.42 Å². The molecule has 0 saturated heterocycles. The predicted molar refractivity (Wildman–Crippen MR) is 158 cm³/mol. The zero-order chi connectivity index (χ0) is 28.8. The van der Waals surface area contributed by atoms with Crippen LogP contribution in [-0.2, 0) is 9.84 Å². The highest BCUT2D eigenvalue weighted by Gasteiger charge is 2.23. The van der Waals surface area contributed by atoms with Gasteiger partial charge < -0.3 is 20.9 Å². The van der Waals surface area contributed by atoms with E-state index in [0.29, 0.717) is 23.0 Å². The molecule has 4 aromatic rings. The van der Waals surface area contributed by atoms with E-state index < -0.39 is 9.84 Å². The van der Waals surface area contributed by atoms with Gasteiger partial charge in [0.2, 0.25) is 9.84 Å². The lowest BCUT2D eigenvalue weighted by Crippen LogP contribution is -2.06. The minimum absolute atomic E-state index is 0.215. The van der Waals surface area contributed by atoms with E-state index in [1.807, 2.05) is 79.7 Å². The molecule has 6 nitrogen and oxygen atoms in total. The molecule has 0 amide bonds. The lowest BCUT2D eigenvalue weighted by Gasteiger charge is -2.17. The van der Waals surface area contributed by atoms with Gasteiger partial charge in [-0.3, -0.25) is 0 Å². The number of aryl methyl sites for hydroxylation is 8. The fraction of sp³-hybridized carbons (Fsp3) is 0.250. The van der Waals surface area contributed by atoms with Crippen molar-refractivity contribution in [3.05, 3.63) is 93.0 Å². The van der Waals surface area contributed by atoms with Crippen molar-refractivity contribution in [2.24, 2.45) is 0 Å². The summed E-state index contributed by atoms with van der Waals surface area (Å²) in [5.74, 6) is 2.58. The zero-order valence-electron chi connectivity index (χ0n) is 23.8. The van der Waals surface area contributed by atoms with Crippen LogP contribution in [0.25, 0.3) is 0 Å². The Kier molecular flexibility index (Phi) is 7.41. The van der Waals surface area contributed by atoms with Crippen LogP contribution in [0, 0.1) is 55.4 Å². The molecule has 204 valence electrons. The van der Waals surface area contributed by atoms with Gasteiger partial charge in [-0.05, 0) is 148 Å². The number of hydrogen-bond donors (Lipinski definition) is 2. The van der Waals surface area contributed by atoms with E-state index in [1.54, 1.807) is 24.3 Å². The van der Waals surface area contributed by atoms with Crippen molar-refractivity contribution >= 4 is 21.2 Å². The highest BCUT2D eigenvalue weighted by molar-refractivity contribution is 7.91. The summed E-state index contributed by atoms with van der Waals surface area (Å²) < 4.78 is 39.8. The van der Waals surface area contributed by atoms with Crippen molar-refractivity contribution in [3.8, 4) is 23.0 Å². The quantitative estimate of drug-likeness (QED) is 0.241. The molecular formula is C32H36N2O4S. The molecule has 39 heavy (non-hydrogen) atoms. The van der Waals surface area contributed by atoms with Gasteiger partial charge >= 0.3 is 0 Å². The summed E-state index contributed by atoms with van der Waals surface area (Å²) in [5.41, 5.74) is 20.2. The first kappa shape index (κ1) is 28.0. The summed E-state index contributed by atoms with van der Waals surface area (Å²) in [5, 5.41) is 0. The van der Waals surface area contributed by atoms with Crippen molar-refractivity contribution in [1.29, 1.82) is 0 Å². The largest absolute Gasteiger partial charge is 0.457 e. The van der Waals surface area contributed by atoms with Crippen LogP contribution in [0.1, 0.15) is 44.5 Å². The van der Waals surface area contributed by atoms with Gasteiger partial charge in [0.05, 0.1) is 9.79 Å². The SMILES string of the molecule is Cc1cc(Oc2c(C)cc(S(=O)(=O)c3cc(C)c(Oc4cc(C)c(N)c(C)c4)c(C)c3)cc2C)cc(C)c1N. The molecule has 4 N–H and O–H groups in total. The van der Waals surface area contributed by atoms with Gasteiger partial charge in [-0.15, -0.1) is 0 Å². The van der Waals surface area contributed by atoms with Crippen molar-refractivity contribution in [1.82, 2.24) is 0 Å². The summed E-state index contributed by atoms with van der Waals surface area (Å²) in [6, 6.07) is 14.2. The number of sulfone groups is 1.